The molecule has 1 aromatic heterocycles. The van der Waals surface area contributed by atoms with Gasteiger partial charge in [-0.05, 0) is 37.0 Å². The molecule has 0 N–H and O–H groups in total. The smallest absolute Gasteiger partial charge is 0.169 e. The van der Waals surface area contributed by atoms with E-state index in [0.717, 1.165) is 35.4 Å². The molecule has 4 nitrogen and oxygen atoms in total. The van der Waals surface area contributed by atoms with Crippen LogP contribution in [-0.4, -0.2) is 20.4 Å². The first kappa shape index (κ1) is 14.6. The predicted octanol–water partition coefficient (Wildman–Crippen LogP) is 3.88. The van der Waals surface area contributed by atoms with Crippen molar-refractivity contribution in [1.29, 1.82) is 5.26 Å². The second-order valence-corrected chi connectivity index (χ2v) is 6.07. The van der Waals surface area contributed by atoms with Crippen molar-refractivity contribution >= 4 is 22.6 Å². The van der Waals surface area contributed by atoms with E-state index in [1.165, 1.54) is 10.4 Å². The Bertz CT molecular complexity index is 772. The van der Waals surface area contributed by atoms with Gasteiger partial charge in [-0.2, -0.15) is 5.26 Å². The van der Waals surface area contributed by atoms with Crippen LogP contribution in [0.4, 0.5) is 5.00 Å². The van der Waals surface area contributed by atoms with Crippen LogP contribution in [0.3, 0.4) is 0 Å². The molecule has 22 heavy (non-hydrogen) atoms. The lowest BCUT2D eigenvalue weighted by Crippen LogP contribution is -1.94. The minimum absolute atomic E-state index is 0.649. The minimum atomic E-state index is 0.649. The highest BCUT2D eigenvalue weighted by Gasteiger charge is 2.21. The summed E-state index contributed by atoms with van der Waals surface area (Å²) in [5.41, 5.74) is 2.76. The number of nitriles is 1. The Morgan fingerprint density at radius 3 is 2.86 bits per heavy atom. The van der Waals surface area contributed by atoms with Crippen molar-refractivity contribution in [2.24, 2.45) is 4.99 Å². The van der Waals surface area contributed by atoms with E-state index in [9.17, 15) is 5.26 Å². The van der Waals surface area contributed by atoms with E-state index < -0.39 is 0 Å². The van der Waals surface area contributed by atoms with Crippen molar-refractivity contribution in [3.05, 3.63) is 39.8 Å². The molecule has 0 spiro atoms. The molecule has 2 aromatic rings. The monoisotopic (exact) mass is 312 g/mol. The number of nitrogens with zero attached hydrogens (tertiary/aromatic N) is 2. The van der Waals surface area contributed by atoms with Gasteiger partial charge in [0.25, 0.3) is 0 Å². The van der Waals surface area contributed by atoms with Crippen LogP contribution in [0.5, 0.6) is 11.5 Å². The Kier molecular flexibility index (Phi) is 4.12. The third kappa shape index (κ3) is 2.46. The van der Waals surface area contributed by atoms with Gasteiger partial charge in [0, 0.05) is 16.7 Å². The van der Waals surface area contributed by atoms with Crippen molar-refractivity contribution in [2.75, 3.05) is 14.2 Å². The first-order chi connectivity index (χ1) is 10.8. The third-order valence-corrected chi connectivity index (χ3v) is 4.97. The summed E-state index contributed by atoms with van der Waals surface area (Å²) in [5.74, 6) is 1.32. The number of thiophene rings is 1. The minimum Gasteiger partial charge on any atom is -0.493 e. The number of aryl methyl sites for hydroxylation is 1. The van der Waals surface area contributed by atoms with Crippen LogP contribution in [-0.2, 0) is 12.8 Å². The second kappa shape index (κ2) is 6.20. The lowest BCUT2D eigenvalue weighted by Gasteiger charge is -2.09. The Labute approximate surface area is 133 Å². The molecule has 1 aliphatic rings. The standard InChI is InChI=1S/C17H16N2O2S/c1-20-14-7-3-5-11(16(14)21-2)10-19-17-13(9-18)12-6-4-8-15(12)22-17/h3,5,7,10H,4,6,8H2,1-2H3. The number of para-hydroxylation sites is 1. The fraction of sp³-hybridized carbons (Fsp3) is 0.294. The summed E-state index contributed by atoms with van der Waals surface area (Å²) in [4.78, 5) is 5.84. The van der Waals surface area contributed by atoms with Crippen molar-refractivity contribution < 1.29 is 9.47 Å². The molecule has 1 heterocycles. The quantitative estimate of drug-likeness (QED) is 0.805. The third-order valence-electron chi connectivity index (χ3n) is 3.77. The van der Waals surface area contributed by atoms with E-state index >= 15 is 0 Å². The summed E-state index contributed by atoms with van der Waals surface area (Å²) in [6.45, 7) is 0. The van der Waals surface area contributed by atoms with E-state index in [1.807, 2.05) is 18.2 Å². The number of hydrogen-bond donors (Lipinski definition) is 0. The maximum absolute atomic E-state index is 9.39. The maximum atomic E-state index is 9.39. The second-order valence-electron chi connectivity index (χ2n) is 4.99. The Morgan fingerprint density at radius 2 is 2.14 bits per heavy atom. The highest BCUT2D eigenvalue weighted by atomic mass is 32.1. The highest BCUT2D eigenvalue weighted by Crippen LogP contribution is 2.40. The number of methoxy groups -OCH3 is 2. The van der Waals surface area contributed by atoms with Crippen LogP contribution in [0.2, 0.25) is 0 Å². The molecule has 112 valence electrons. The topological polar surface area (TPSA) is 54.6 Å². The molecule has 0 atom stereocenters. The Balaban J connectivity index is 1.98. The summed E-state index contributed by atoms with van der Waals surface area (Å²) >= 11 is 1.62. The molecular formula is C17H16N2O2S. The predicted molar refractivity (Wildman–Crippen MR) is 87.9 cm³/mol. The van der Waals surface area contributed by atoms with Gasteiger partial charge in [0.2, 0.25) is 0 Å². The number of ether oxygens (including phenoxy) is 2. The van der Waals surface area contributed by atoms with Gasteiger partial charge in [0.05, 0.1) is 19.8 Å². The first-order valence-electron chi connectivity index (χ1n) is 7.08. The number of benzene rings is 1. The van der Waals surface area contributed by atoms with Gasteiger partial charge in [0.1, 0.15) is 11.1 Å². The van der Waals surface area contributed by atoms with Crippen molar-refractivity contribution in [3.8, 4) is 17.6 Å². The summed E-state index contributed by atoms with van der Waals surface area (Å²) < 4.78 is 10.7. The normalized spacial score (nSPS) is 13.1. The van der Waals surface area contributed by atoms with Gasteiger partial charge >= 0.3 is 0 Å². The van der Waals surface area contributed by atoms with Crippen LogP contribution >= 0.6 is 11.3 Å². The largest absolute Gasteiger partial charge is 0.493 e. The molecule has 3 rings (SSSR count). The number of rotatable bonds is 4. The summed E-state index contributed by atoms with van der Waals surface area (Å²) in [6, 6.07) is 7.95. The van der Waals surface area contributed by atoms with Gasteiger partial charge in [-0.1, -0.05) is 6.07 Å². The zero-order valence-electron chi connectivity index (χ0n) is 12.5. The molecule has 0 fully saturated rings. The number of fused-ring (bicyclic) bond motifs is 1. The number of aliphatic imine (C=N–C) groups is 1. The SMILES string of the molecule is COc1cccc(C=Nc2sc3c(c2C#N)CCC3)c1OC. The molecule has 5 heteroatoms. The summed E-state index contributed by atoms with van der Waals surface area (Å²) in [7, 11) is 3.21. The fourth-order valence-corrected chi connectivity index (χ4v) is 3.92. The van der Waals surface area contributed by atoms with Gasteiger partial charge in [-0.25, -0.2) is 4.99 Å². The molecule has 0 unspecified atom stereocenters. The van der Waals surface area contributed by atoms with Gasteiger partial charge in [-0.3, -0.25) is 0 Å². The summed E-state index contributed by atoms with van der Waals surface area (Å²) in [6.07, 6.45) is 4.94. The maximum Gasteiger partial charge on any atom is 0.169 e. The molecule has 0 bridgehead atoms. The number of hydrogen-bond acceptors (Lipinski definition) is 5. The zero-order chi connectivity index (χ0) is 15.5. The Hall–Kier alpha value is -2.32. The van der Waals surface area contributed by atoms with E-state index in [4.69, 9.17) is 9.47 Å². The first-order valence-corrected chi connectivity index (χ1v) is 7.89. The lowest BCUT2D eigenvalue weighted by atomic mass is 10.1. The summed E-state index contributed by atoms with van der Waals surface area (Å²) in [5, 5.41) is 10.2. The molecule has 0 aliphatic heterocycles. The molecular weight excluding hydrogens is 296 g/mol. The van der Waals surface area contributed by atoms with Crippen LogP contribution in [0.1, 0.15) is 28.0 Å². The molecule has 0 radical (unpaired) electrons. The van der Waals surface area contributed by atoms with Crippen LogP contribution < -0.4 is 9.47 Å². The van der Waals surface area contributed by atoms with Crippen molar-refractivity contribution in [1.82, 2.24) is 0 Å². The van der Waals surface area contributed by atoms with Crippen LogP contribution in [0, 0.1) is 11.3 Å². The Morgan fingerprint density at radius 1 is 1.27 bits per heavy atom. The molecule has 1 aromatic carbocycles. The van der Waals surface area contributed by atoms with Gasteiger partial charge in [-0.15, -0.1) is 11.3 Å². The van der Waals surface area contributed by atoms with E-state index in [2.05, 4.69) is 11.1 Å². The van der Waals surface area contributed by atoms with E-state index in [1.54, 1.807) is 31.8 Å². The van der Waals surface area contributed by atoms with Crippen molar-refractivity contribution in [3.63, 3.8) is 0 Å². The van der Waals surface area contributed by atoms with Crippen LogP contribution in [0.25, 0.3) is 0 Å². The van der Waals surface area contributed by atoms with Gasteiger partial charge in [0.15, 0.2) is 11.5 Å². The zero-order valence-corrected chi connectivity index (χ0v) is 13.4. The van der Waals surface area contributed by atoms with Crippen LogP contribution in [0.15, 0.2) is 23.2 Å². The molecule has 0 saturated carbocycles. The van der Waals surface area contributed by atoms with Gasteiger partial charge < -0.3 is 9.47 Å². The lowest BCUT2D eigenvalue weighted by molar-refractivity contribution is 0.354. The molecule has 0 saturated heterocycles. The average Bonchev–Trinajstić information content (AvgIpc) is 3.12. The van der Waals surface area contributed by atoms with E-state index in [0.29, 0.717) is 11.5 Å². The van der Waals surface area contributed by atoms with E-state index in [-0.39, 0.29) is 0 Å². The highest BCUT2D eigenvalue weighted by molar-refractivity contribution is 7.16. The average molecular weight is 312 g/mol. The molecule has 1 aliphatic carbocycles. The fourth-order valence-electron chi connectivity index (χ4n) is 2.74. The van der Waals surface area contributed by atoms with Crippen molar-refractivity contribution in [2.45, 2.75) is 19.3 Å². The molecule has 0 amide bonds.